The maximum atomic E-state index is 12.2. The molecule has 0 spiro atoms. The summed E-state index contributed by atoms with van der Waals surface area (Å²) in [5.74, 6) is 0.116. The van der Waals surface area contributed by atoms with Crippen LogP contribution in [0.2, 0.25) is 5.02 Å². The lowest BCUT2D eigenvalue weighted by atomic mass is 10.2. The van der Waals surface area contributed by atoms with Crippen LogP contribution in [0.4, 0.5) is 0 Å². The maximum Gasteiger partial charge on any atom is 0.224 e. The van der Waals surface area contributed by atoms with Crippen LogP contribution in [-0.4, -0.2) is 50.4 Å². The number of carbonyl (C=O) groups excluding carboxylic acids is 1. The van der Waals surface area contributed by atoms with Gasteiger partial charge in [-0.25, -0.2) is 8.42 Å². The molecule has 1 aliphatic heterocycles. The number of hydrogen-bond donors (Lipinski definition) is 1. The summed E-state index contributed by atoms with van der Waals surface area (Å²) in [6, 6.07) is 7.02. The van der Waals surface area contributed by atoms with Gasteiger partial charge in [0.2, 0.25) is 5.91 Å². The highest BCUT2D eigenvalue weighted by molar-refractivity contribution is 7.91. The van der Waals surface area contributed by atoms with Gasteiger partial charge in [0.25, 0.3) is 0 Å². The van der Waals surface area contributed by atoms with Crippen molar-refractivity contribution in [2.24, 2.45) is 0 Å². The molecule has 1 heterocycles. The average Bonchev–Trinajstić information content (AvgIpc) is 2.40. The molecule has 1 saturated heterocycles. The molecule has 0 bridgehead atoms. The molecule has 1 amide bonds. The van der Waals surface area contributed by atoms with Gasteiger partial charge in [0, 0.05) is 37.6 Å². The van der Waals surface area contributed by atoms with Crippen molar-refractivity contribution in [1.82, 2.24) is 10.2 Å². The van der Waals surface area contributed by atoms with Crippen LogP contribution in [0, 0.1) is 0 Å². The third-order valence-electron chi connectivity index (χ3n) is 3.48. The van der Waals surface area contributed by atoms with Crippen LogP contribution in [0.15, 0.2) is 24.3 Å². The summed E-state index contributed by atoms with van der Waals surface area (Å²) < 4.78 is 23.1. The normalized spacial score (nSPS) is 21.0. The van der Waals surface area contributed by atoms with Crippen LogP contribution in [0.25, 0.3) is 0 Å². The zero-order valence-corrected chi connectivity index (χ0v) is 13.5. The number of nitrogens with zero attached hydrogens (tertiary/aromatic N) is 1. The first-order chi connectivity index (χ1) is 9.85. The molecule has 0 saturated carbocycles. The predicted octanol–water partition coefficient (Wildman–Crippen LogP) is 1.08. The lowest BCUT2D eigenvalue weighted by Crippen LogP contribution is -2.47. The number of halogens is 1. The zero-order chi connectivity index (χ0) is 15.5. The highest BCUT2D eigenvalue weighted by atomic mass is 35.5. The van der Waals surface area contributed by atoms with Crippen LogP contribution in [0.5, 0.6) is 0 Å². The maximum absolute atomic E-state index is 12.2. The molecule has 1 aromatic rings. The smallest absolute Gasteiger partial charge is 0.224 e. The summed E-state index contributed by atoms with van der Waals surface area (Å²) in [5.41, 5.74) is 0.986. The van der Waals surface area contributed by atoms with Gasteiger partial charge < -0.3 is 10.2 Å². The molecule has 0 aliphatic carbocycles. The fourth-order valence-corrected chi connectivity index (χ4v) is 3.89. The second-order valence-corrected chi connectivity index (χ2v) is 8.01. The highest BCUT2D eigenvalue weighted by Gasteiger charge is 2.26. The highest BCUT2D eigenvalue weighted by Crippen LogP contribution is 2.12. The Bertz CT molecular complexity index is 601. The molecule has 1 N–H and O–H groups in total. The number of rotatable bonds is 4. The van der Waals surface area contributed by atoms with Crippen molar-refractivity contribution in [3.63, 3.8) is 0 Å². The Balaban J connectivity index is 1.89. The quantitative estimate of drug-likeness (QED) is 0.897. The van der Waals surface area contributed by atoms with Gasteiger partial charge in [-0.2, -0.15) is 0 Å². The number of sulfone groups is 1. The van der Waals surface area contributed by atoms with Crippen LogP contribution in [0.1, 0.15) is 12.0 Å². The Kier molecular flexibility index (Phi) is 5.24. The number of hydrogen-bond acceptors (Lipinski definition) is 4. The molecule has 1 fully saturated rings. The third kappa shape index (κ3) is 4.98. The van der Waals surface area contributed by atoms with Crippen molar-refractivity contribution in [1.29, 1.82) is 0 Å². The zero-order valence-electron chi connectivity index (χ0n) is 11.9. The number of amides is 1. The molecule has 1 atom stereocenters. The Hall–Kier alpha value is -1.11. The van der Waals surface area contributed by atoms with Crippen molar-refractivity contribution in [2.45, 2.75) is 19.0 Å². The summed E-state index contributed by atoms with van der Waals surface area (Å²) in [6.07, 6.45) is 0.198. The largest absolute Gasteiger partial charge is 0.341 e. The average molecular weight is 331 g/mol. The van der Waals surface area contributed by atoms with E-state index in [-0.39, 0.29) is 29.9 Å². The van der Waals surface area contributed by atoms with E-state index in [0.29, 0.717) is 18.1 Å². The summed E-state index contributed by atoms with van der Waals surface area (Å²) >= 11 is 5.82. The van der Waals surface area contributed by atoms with Gasteiger partial charge in [-0.3, -0.25) is 4.79 Å². The molecule has 21 heavy (non-hydrogen) atoms. The van der Waals surface area contributed by atoms with E-state index in [1.807, 2.05) is 12.1 Å². The lowest BCUT2D eigenvalue weighted by molar-refractivity contribution is -0.130. The van der Waals surface area contributed by atoms with Crippen molar-refractivity contribution in [2.75, 3.05) is 25.1 Å². The van der Waals surface area contributed by atoms with Crippen LogP contribution in [0.3, 0.4) is 0 Å². The van der Waals surface area contributed by atoms with Gasteiger partial charge >= 0.3 is 0 Å². The fraction of sp³-hybridized carbons (Fsp3) is 0.500. The number of benzene rings is 1. The fourth-order valence-electron chi connectivity index (χ4n) is 2.32. The van der Waals surface area contributed by atoms with Crippen LogP contribution in [-0.2, 0) is 21.2 Å². The molecule has 116 valence electrons. The van der Waals surface area contributed by atoms with E-state index < -0.39 is 9.84 Å². The van der Waals surface area contributed by atoms with E-state index in [1.165, 1.54) is 0 Å². The van der Waals surface area contributed by atoms with Crippen LogP contribution >= 0.6 is 11.6 Å². The van der Waals surface area contributed by atoms with Crippen molar-refractivity contribution < 1.29 is 13.2 Å². The molecule has 0 radical (unpaired) electrons. The Morgan fingerprint density at radius 2 is 2.05 bits per heavy atom. The van der Waals surface area contributed by atoms with E-state index in [2.05, 4.69) is 5.32 Å². The molecule has 7 heteroatoms. The summed E-state index contributed by atoms with van der Waals surface area (Å²) in [4.78, 5) is 13.8. The molecule has 1 aliphatic rings. The van der Waals surface area contributed by atoms with Gasteiger partial charge in [0.15, 0.2) is 9.84 Å². The van der Waals surface area contributed by atoms with E-state index in [0.717, 1.165) is 5.56 Å². The van der Waals surface area contributed by atoms with Crippen molar-refractivity contribution in [3.05, 3.63) is 34.9 Å². The number of nitrogens with one attached hydrogen (secondary N) is 1. The van der Waals surface area contributed by atoms with Crippen molar-refractivity contribution in [3.8, 4) is 0 Å². The number of carbonyl (C=O) groups is 1. The Morgan fingerprint density at radius 3 is 2.67 bits per heavy atom. The Morgan fingerprint density at radius 1 is 1.38 bits per heavy atom. The molecular weight excluding hydrogens is 312 g/mol. The SMILES string of the molecule is CN(Cc1ccc(Cl)cc1)C(=O)CC1CS(=O)(=O)CCN1. The molecule has 1 unspecified atom stereocenters. The monoisotopic (exact) mass is 330 g/mol. The lowest BCUT2D eigenvalue weighted by Gasteiger charge is -2.25. The van der Waals surface area contributed by atoms with Crippen molar-refractivity contribution >= 4 is 27.3 Å². The summed E-state index contributed by atoms with van der Waals surface area (Å²) in [5, 5.41) is 3.74. The molecule has 0 aromatic heterocycles. The van der Waals surface area contributed by atoms with Gasteiger partial charge in [0.1, 0.15) is 0 Å². The second kappa shape index (κ2) is 6.77. The van der Waals surface area contributed by atoms with Gasteiger partial charge in [0.05, 0.1) is 11.5 Å². The molecule has 1 aromatic carbocycles. The van der Waals surface area contributed by atoms with E-state index >= 15 is 0 Å². The topological polar surface area (TPSA) is 66.5 Å². The summed E-state index contributed by atoms with van der Waals surface area (Å²) in [6.45, 7) is 0.899. The minimum Gasteiger partial charge on any atom is -0.341 e. The predicted molar refractivity (Wildman–Crippen MR) is 83.0 cm³/mol. The van der Waals surface area contributed by atoms with Gasteiger partial charge in [-0.15, -0.1) is 0 Å². The first-order valence-electron chi connectivity index (χ1n) is 6.78. The summed E-state index contributed by atoms with van der Waals surface area (Å²) in [7, 11) is -1.30. The van der Waals surface area contributed by atoms with Crippen LogP contribution < -0.4 is 5.32 Å². The standard InChI is InChI=1S/C14H19ClN2O3S/c1-17(9-11-2-4-12(15)5-3-11)14(18)8-13-10-21(19,20)7-6-16-13/h2-5,13,16H,6-10H2,1H3. The minimum atomic E-state index is -3.01. The molecule has 2 rings (SSSR count). The van der Waals surface area contributed by atoms with Gasteiger partial charge in [-0.1, -0.05) is 23.7 Å². The minimum absolute atomic E-state index is 0.0352. The van der Waals surface area contributed by atoms with E-state index in [1.54, 1.807) is 24.1 Å². The first-order valence-corrected chi connectivity index (χ1v) is 8.98. The second-order valence-electron chi connectivity index (χ2n) is 5.35. The van der Waals surface area contributed by atoms with E-state index in [4.69, 9.17) is 11.6 Å². The molecule has 5 nitrogen and oxygen atoms in total. The Labute approximate surface area is 130 Å². The van der Waals surface area contributed by atoms with Gasteiger partial charge in [-0.05, 0) is 17.7 Å². The first kappa shape index (κ1) is 16.3. The third-order valence-corrected chi connectivity index (χ3v) is 5.47. The molecular formula is C14H19ClN2O3S. The van der Waals surface area contributed by atoms with E-state index in [9.17, 15) is 13.2 Å².